The molecule has 2 amide bonds. The maximum absolute atomic E-state index is 12.6. The fraction of sp³-hybridized carbons (Fsp3) is 0.450. The quantitative estimate of drug-likeness (QED) is 0.840. The molecule has 0 spiro atoms. The van der Waals surface area contributed by atoms with Crippen molar-refractivity contribution < 1.29 is 14.3 Å². The smallest absolute Gasteiger partial charge is 0.408 e. The minimum Gasteiger partial charge on any atom is -0.444 e. The van der Waals surface area contributed by atoms with Crippen LogP contribution in [0.3, 0.4) is 0 Å². The number of benzene rings is 1. The van der Waals surface area contributed by atoms with Gasteiger partial charge in [-0.05, 0) is 44.4 Å². The largest absolute Gasteiger partial charge is 0.444 e. The van der Waals surface area contributed by atoms with Gasteiger partial charge in [0.25, 0.3) is 0 Å². The van der Waals surface area contributed by atoms with Crippen LogP contribution in [0.2, 0.25) is 0 Å². The number of hydrogen-bond acceptors (Lipinski definition) is 4. The molecule has 1 aromatic heterocycles. The molecule has 0 radical (unpaired) electrons. The first-order valence-corrected chi connectivity index (χ1v) is 8.94. The molecule has 0 bridgehead atoms. The van der Waals surface area contributed by atoms with Gasteiger partial charge < -0.3 is 19.9 Å². The third-order valence-electron chi connectivity index (χ3n) is 3.89. The summed E-state index contributed by atoms with van der Waals surface area (Å²) in [5.41, 5.74) is 2.02. The fourth-order valence-electron chi connectivity index (χ4n) is 2.55. The molecule has 1 heterocycles. The molecule has 1 aromatic carbocycles. The minimum absolute atomic E-state index is 0.0914. The lowest BCUT2D eigenvalue weighted by molar-refractivity contribution is -0.119. The monoisotopic (exact) mass is 372 g/mol. The number of rotatable bonds is 5. The molecular weight excluding hydrogens is 344 g/mol. The van der Waals surface area contributed by atoms with Crippen LogP contribution in [0.1, 0.15) is 34.6 Å². The molecule has 0 aliphatic heterocycles. The number of aryl methyl sites for hydroxylation is 1. The maximum Gasteiger partial charge on any atom is 0.408 e. The zero-order chi connectivity index (χ0) is 20.2. The second-order valence-electron chi connectivity index (χ2n) is 7.82. The third kappa shape index (κ3) is 5.84. The van der Waals surface area contributed by atoms with E-state index in [-0.39, 0.29) is 11.8 Å². The molecule has 0 saturated carbocycles. The first-order chi connectivity index (χ1) is 12.6. The van der Waals surface area contributed by atoms with Crippen molar-refractivity contribution in [2.24, 2.45) is 13.0 Å². The van der Waals surface area contributed by atoms with Gasteiger partial charge in [0.05, 0.1) is 18.2 Å². The molecule has 2 rings (SSSR count). The molecule has 0 saturated heterocycles. The number of carbonyl (C=O) groups excluding carboxylic acids is 2. The zero-order valence-electron chi connectivity index (χ0n) is 16.7. The topological polar surface area (TPSA) is 85.2 Å². The van der Waals surface area contributed by atoms with Crippen molar-refractivity contribution in [1.29, 1.82) is 0 Å². The molecule has 7 heteroatoms. The Morgan fingerprint density at radius 3 is 2.26 bits per heavy atom. The van der Waals surface area contributed by atoms with Crippen LogP contribution in [0, 0.1) is 5.92 Å². The van der Waals surface area contributed by atoms with Crippen LogP contribution in [0.15, 0.2) is 36.8 Å². The number of alkyl carbamates (subject to hydrolysis) is 1. The fourth-order valence-corrected chi connectivity index (χ4v) is 2.55. The lowest BCUT2D eigenvalue weighted by Gasteiger charge is -2.25. The highest BCUT2D eigenvalue weighted by Gasteiger charge is 2.27. The van der Waals surface area contributed by atoms with Gasteiger partial charge in [-0.25, -0.2) is 9.78 Å². The Morgan fingerprint density at radius 1 is 1.15 bits per heavy atom. The number of aromatic nitrogens is 2. The van der Waals surface area contributed by atoms with E-state index in [0.29, 0.717) is 5.69 Å². The van der Waals surface area contributed by atoms with Crippen LogP contribution in [0.25, 0.3) is 11.3 Å². The molecule has 0 unspecified atom stereocenters. The molecule has 7 nitrogen and oxygen atoms in total. The maximum atomic E-state index is 12.6. The molecule has 2 aromatic rings. The van der Waals surface area contributed by atoms with Crippen LogP contribution in [-0.2, 0) is 16.6 Å². The SMILES string of the molecule is CC(C)[C@H](NC(=O)OC(C)(C)C)C(=O)Nc1ccc(-c2cncn2C)cc1. The van der Waals surface area contributed by atoms with E-state index in [1.165, 1.54) is 0 Å². The standard InChI is InChI=1S/C20H28N4O3/c1-13(2)17(23-19(26)27-20(3,4)5)18(25)22-15-9-7-14(8-10-15)16-11-21-12-24(16)6/h7-13,17H,1-6H3,(H,22,25)(H,23,26)/t17-/m0/s1. The highest BCUT2D eigenvalue weighted by molar-refractivity contribution is 5.96. The Hall–Kier alpha value is -2.83. The first kappa shape index (κ1) is 20.5. The number of hydrogen-bond donors (Lipinski definition) is 2. The van der Waals surface area contributed by atoms with E-state index in [1.807, 2.05) is 49.7 Å². The number of imidazole rings is 1. The van der Waals surface area contributed by atoms with E-state index >= 15 is 0 Å². The summed E-state index contributed by atoms with van der Waals surface area (Å²) < 4.78 is 7.17. The Labute approximate surface area is 160 Å². The minimum atomic E-state index is -0.698. The summed E-state index contributed by atoms with van der Waals surface area (Å²) in [6.07, 6.45) is 2.91. The Bertz CT molecular complexity index is 788. The number of carbonyl (C=O) groups is 2. The Balaban J connectivity index is 2.04. The van der Waals surface area contributed by atoms with Gasteiger partial charge in [0, 0.05) is 12.7 Å². The van der Waals surface area contributed by atoms with Gasteiger partial charge in [-0.3, -0.25) is 4.79 Å². The number of nitrogens with zero attached hydrogens (tertiary/aromatic N) is 2. The molecule has 0 fully saturated rings. The second-order valence-corrected chi connectivity index (χ2v) is 7.82. The van der Waals surface area contributed by atoms with Crippen molar-refractivity contribution >= 4 is 17.7 Å². The molecule has 0 aliphatic carbocycles. The molecule has 27 heavy (non-hydrogen) atoms. The van der Waals surface area contributed by atoms with Gasteiger partial charge in [-0.1, -0.05) is 26.0 Å². The van der Waals surface area contributed by atoms with Crippen molar-refractivity contribution in [2.45, 2.75) is 46.3 Å². The average molecular weight is 372 g/mol. The van der Waals surface area contributed by atoms with Crippen molar-refractivity contribution in [2.75, 3.05) is 5.32 Å². The number of ether oxygens (including phenoxy) is 1. The molecule has 1 atom stereocenters. The van der Waals surface area contributed by atoms with Crippen LogP contribution in [0.5, 0.6) is 0 Å². The van der Waals surface area contributed by atoms with Crippen LogP contribution < -0.4 is 10.6 Å². The number of amides is 2. The highest BCUT2D eigenvalue weighted by atomic mass is 16.6. The third-order valence-corrected chi connectivity index (χ3v) is 3.89. The van der Waals surface area contributed by atoms with Crippen molar-refractivity contribution in [1.82, 2.24) is 14.9 Å². The predicted octanol–water partition coefficient (Wildman–Crippen LogP) is 3.57. The van der Waals surface area contributed by atoms with Crippen molar-refractivity contribution in [3.05, 3.63) is 36.8 Å². The first-order valence-electron chi connectivity index (χ1n) is 8.94. The average Bonchev–Trinajstić information content (AvgIpc) is 2.97. The molecular formula is C20H28N4O3. The van der Waals surface area contributed by atoms with Crippen molar-refractivity contribution in [3.8, 4) is 11.3 Å². The van der Waals surface area contributed by atoms with Crippen LogP contribution in [0.4, 0.5) is 10.5 Å². The van der Waals surface area contributed by atoms with Gasteiger partial charge in [0.15, 0.2) is 0 Å². The molecule has 0 aliphatic rings. The molecule has 146 valence electrons. The summed E-state index contributed by atoms with van der Waals surface area (Å²) in [6, 6.07) is 6.78. The van der Waals surface area contributed by atoms with E-state index in [1.54, 1.807) is 33.3 Å². The summed E-state index contributed by atoms with van der Waals surface area (Å²) >= 11 is 0. The lowest BCUT2D eigenvalue weighted by Crippen LogP contribution is -2.48. The van der Waals surface area contributed by atoms with Crippen LogP contribution in [-0.4, -0.2) is 33.2 Å². The second kappa shape index (κ2) is 8.24. The van der Waals surface area contributed by atoms with Crippen molar-refractivity contribution in [3.63, 3.8) is 0 Å². The van der Waals surface area contributed by atoms with E-state index in [2.05, 4.69) is 15.6 Å². The zero-order valence-corrected chi connectivity index (χ0v) is 16.7. The van der Waals surface area contributed by atoms with Gasteiger partial charge in [-0.15, -0.1) is 0 Å². The molecule has 2 N–H and O–H groups in total. The van der Waals surface area contributed by atoms with E-state index < -0.39 is 17.7 Å². The normalized spacial score (nSPS) is 12.6. The highest BCUT2D eigenvalue weighted by Crippen LogP contribution is 2.21. The van der Waals surface area contributed by atoms with Crippen LogP contribution >= 0.6 is 0 Å². The van der Waals surface area contributed by atoms with E-state index in [4.69, 9.17) is 4.74 Å². The van der Waals surface area contributed by atoms with E-state index in [9.17, 15) is 9.59 Å². The van der Waals surface area contributed by atoms with Gasteiger partial charge in [0.2, 0.25) is 5.91 Å². The lowest BCUT2D eigenvalue weighted by atomic mass is 10.0. The van der Waals surface area contributed by atoms with Gasteiger partial charge in [-0.2, -0.15) is 0 Å². The Morgan fingerprint density at radius 2 is 1.78 bits per heavy atom. The summed E-state index contributed by atoms with van der Waals surface area (Å²) in [4.78, 5) is 28.7. The summed E-state index contributed by atoms with van der Waals surface area (Å²) in [5.74, 6) is -0.379. The summed E-state index contributed by atoms with van der Waals surface area (Å²) in [7, 11) is 1.92. The number of nitrogens with one attached hydrogen (secondary N) is 2. The van der Waals surface area contributed by atoms with Gasteiger partial charge in [0.1, 0.15) is 11.6 Å². The Kier molecular flexibility index (Phi) is 6.25. The predicted molar refractivity (Wildman–Crippen MR) is 105 cm³/mol. The summed E-state index contributed by atoms with van der Waals surface area (Å²) in [6.45, 7) is 9.07. The van der Waals surface area contributed by atoms with E-state index in [0.717, 1.165) is 11.3 Å². The summed E-state index contributed by atoms with van der Waals surface area (Å²) in [5, 5.41) is 5.50. The van der Waals surface area contributed by atoms with Gasteiger partial charge >= 0.3 is 6.09 Å². The number of anilines is 1.